The minimum atomic E-state index is -0.379. The van der Waals surface area contributed by atoms with Crippen LogP contribution < -0.4 is 11.1 Å². The zero-order valence-corrected chi connectivity index (χ0v) is 15.3. The Balaban J connectivity index is 1.57. The lowest BCUT2D eigenvalue weighted by atomic mass is 9.88. The van der Waals surface area contributed by atoms with E-state index in [1.165, 1.54) is 12.3 Å². The number of hydrogen-bond donors (Lipinski definition) is 3. The molecule has 3 aromatic rings. The SMILES string of the molecule is NC=C1C(=Nc2ccccc2F)CCCC1NC(=O)c1cc2ccccc2[nH]1. The monoisotopic (exact) mass is 376 g/mol. The van der Waals surface area contributed by atoms with Gasteiger partial charge in [0.25, 0.3) is 5.91 Å². The molecule has 6 heteroatoms. The van der Waals surface area contributed by atoms with Crippen LogP contribution in [0.1, 0.15) is 29.8 Å². The number of aromatic nitrogens is 1. The van der Waals surface area contributed by atoms with Crippen LogP contribution in [0.2, 0.25) is 0 Å². The Bertz CT molecular complexity index is 1050. The van der Waals surface area contributed by atoms with E-state index in [1.807, 2.05) is 30.3 Å². The summed E-state index contributed by atoms with van der Waals surface area (Å²) in [5, 5.41) is 4.01. The Morgan fingerprint density at radius 2 is 2.00 bits per heavy atom. The van der Waals surface area contributed by atoms with Gasteiger partial charge in [0.2, 0.25) is 0 Å². The molecule has 1 saturated carbocycles. The standard InChI is InChI=1S/C22H21FN4O/c23-16-7-2-4-9-20(16)26-18-10-5-11-19(15(18)13-24)27-22(28)21-12-14-6-1-3-8-17(14)25-21/h1-4,6-9,12-13,19,25H,5,10-11,24H2,(H,27,28). The molecule has 1 atom stereocenters. The lowest BCUT2D eigenvalue weighted by Gasteiger charge is -2.27. The predicted octanol–water partition coefficient (Wildman–Crippen LogP) is 4.20. The molecule has 0 aliphatic heterocycles. The molecule has 1 aliphatic carbocycles. The molecular formula is C22H21FN4O. The number of benzene rings is 2. The quantitative estimate of drug-likeness (QED) is 0.640. The largest absolute Gasteiger partial charge is 0.404 e. The number of para-hydroxylation sites is 2. The third kappa shape index (κ3) is 3.53. The zero-order chi connectivity index (χ0) is 19.5. The lowest BCUT2D eigenvalue weighted by molar-refractivity contribution is 0.0936. The number of carbonyl (C=O) groups is 1. The summed E-state index contributed by atoms with van der Waals surface area (Å²) in [6.07, 6.45) is 3.75. The Kier molecular flexibility index (Phi) is 4.93. The summed E-state index contributed by atoms with van der Waals surface area (Å²) in [4.78, 5) is 20.4. The molecule has 0 spiro atoms. The van der Waals surface area contributed by atoms with Crippen LogP contribution in [0.5, 0.6) is 0 Å². The molecule has 5 nitrogen and oxygen atoms in total. The fraction of sp³-hybridized carbons (Fsp3) is 0.182. The van der Waals surface area contributed by atoms with Crippen molar-refractivity contribution in [2.45, 2.75) is 25.3 Å². The molecule has 28 heavy (non-hydrogen) atoms. The number of aliphatic imine (C=N–C) groups is 1. The van der Waals surface area contributed by atoms with Crippen LogP contribution in [0.15, 0.2) is 71.4 Å². The van der Waals surface area contributed by atoms with E-state index >= 15 is 0 Å². The third-order valence-corrected chi connectivity index (χ3v) is 4.98. The normalized spacial score (nSPS) is 20.0. The molecule has 142 valence electrons. The van der Waals surface area contributed by atoms with E-state index in [4.69, 9.17) is 5.73 Å². The Morgan fingerprint density at radius 3 is 2.79 bits per heavy atom. The second-order valence-corrected chi connectivity index (χ2v) is 6.82. The van der Waals surface area contributed by atoms with Gasteiger partial charge in [-0.3, -0.25) is 4.79 Å². The summed E-state index contributed by atoms with van der Waals surface area (Å²) in [6, 6.07) is 15.7. The molecule has 1 fully saturated rings. The van der Waals surface area contributed by atoms with Crippen LogP contribution >= 0.6 is 0 Å². The number of carbonyl (C=O) groups excluding carboxylic acids is 1. The lowest BCUT2D eigenvalue weighted by Crippen LogP contribution is -2.41. The summed E-state index contributed by atoms with van der Waals surface area (Å²) in [5.74, 6) is -0.580. The van der Waals surface area contributed by atoms with Gasteiger partial charge in [-0.2, -0.15) is 0 Å². The maximum absolute atomic E-state index is 14.0. The molecular weight excluding hydrogens is 355 g/mol. The fourth-order valence-electron chi connectivity index (χ4n) is 3.58. The van der Waals surface area contributed by atoms with Crippen molar-refractivity contribution in [3.05, 3.63) is 77.9 Å². The molecule has 4 N–H and O–H groups in total. The Hall–Kier alpha value is -3.41. The molecule has 0 saturated heterocycles. The van der Waals surface area contributed by atoms with Gasteiger partial charge < -0.3 is 16.0 Å². The van der Waals surface area contributed by atoms with Crippen molar-refractivity contribution in [3.63, 3.8) is 0 Å². The van der Waals surface area contributed by atoms with Crippen LogP contribution in [0.3, 0.4) is 0 Å². The van der Waals surface area contributed by atoms with Crippen molar-refractivity contribution in [3.8, 4) is 0 Å². The van der Waals surface area contributed by atoms with Crippen LogP contribution in [0.25, 0.3) is 10.9 Å². The summed E-state index contributed by atoms with van der Waals surface area (Å²) in [7, 11) is 0. The predicted molar refractivity (Wildman–Crippen MR) is 109 cm³/mol. The molecule has 0 radical (unpaired) electrons. The van der Waals surface area contributed by atoms with Crippen LogP contribution in [0, 0.1) is 5.82 Å². The maximum atomic E-state index is 14.0. The molecule has 0 bridgehead atoms. The third-order valence-electron chi connectivity index (χ3n) is 4.98. The number of nitrogens with one attached hydrogen (secondary N) is 2. The first-order valence-corrected chi connectivity index (χ1v) is 9.28. The van der Waals surface area contributed by atoms with Gasteiger partial charge in [0.15, 0.2) is 0 Å². The number of amides is 1. The highest BCUT2D eigenvalue weighted by Gasteiger charge is 2.26. The van der Waals surface area contributed by atoms with Gasteiger partial charge in [-0.15, -0.1) is 0 Å². The maximum Gasteiger partial charge on any atom is 0.268 e. The first-order chi connectivity index (χ1) is 13.7. The Labute approximate surface area is 162 Å². The van der Waals surface area contributed by atoms with Gasteiger partial charge in [0.05, 0.1) is 11.7 Å². The molecule has 1 amide bonds. The second-order valence-electron chi connectivity index (χ2n) is 6.82. The topological polar surface area (TPSA) is 83.3 Å². The number of H-pyrrole nitrogens is 1. The Morgan fingerprint density at radius 1 is 1.21 bits per heavy atom. The number of fused-ring (bicyclic) bond motifs is 1. The molecule has 1 aliphatic rings. The van der Waals surface area contributed by atoms with Crippen molar-refractivity contribution >= 4 is 28.2 Å². The van der Waals surface area contributed by atoms with Crippen molar-refractivity contribution in [2.24, 2.45) is 10.7 Å². The number of halogens is 1. The van der Waals surface area contributed by atoms with E-state index in [-0.39, 0.29) is 23.5 Å². The van der Waals surface area contributed by atoms with Gasteiger partial charge in [0, 0.05) is 28.4 Å². The van der Waals surface area contributed by atoms with E-state index in [1.54, 1.807) is 18.2 Å². The highest BCUT2D eigenvalue weighted by atomic mass is 19.1. The van der Waals surface area contributed by atoms with E-state index < -0.39 is 0 Å². The number of rotatable bonds is 3. The molecule has 1 aromatic heterocycles. The molecule has 2 aromatic carbocycles. The van der Waals surface area contributed by atoms with E-state index in [0.29, 0.717) is 17.8 Å². The van der Waals surface area contributed by atoms with Gasteiger partial charge in [-0.05, 0) is 43.5 Å². The number of nitrogens with zero attached hydrogens (tertiary/aromatic N) is 1. The van der Waals surface area contributed by atoms with Gasteiger partial charge in [0.1, 0.15) is 11.5 Å². The molecule has 1 heterocycles. The molecule has 1 unspecified atom stereocenters. The van der Waals surface area contributed by atoms with Gasteiger partial charge >= 0.3 is 0 Å². The van der Waals surface area contributed by atoms with Crippen molar-refractivity contribution in [1.29, 1.82) is 0 Å². The van der Waals surface area contributed by atoms with Crippen LogP contribution in [0.4, 0.5) is 10.1 Å². The first-order valence-electron chi connectivity index (χ1n) is 9.28. The van der Waals surface area contributed by atoms with Crippen LogP contribution in [-0.4, -0.2) is 22.6 Å². The van der Waals surface area contributed by atoms with Crippen LogP contribution in [-0.2, 0) is 0 Å². The number of nitrogens with two attached hydrogens (primary N) is 1. The highest BCUT2D eigenvalue weighted by molar-refractivity contribution is 6.05. The zero-order valence-electron chi connectivity index (χ0n) is 15.3. The first kappa shape index (κ1) is 18.0. The minimum absolute atomic E-state index is 0.201. The summed E-state index contributed by atoms with van der Waals surface area (Å²) in [5.41, 5.74) is 8.98. The summed E-state index contributed by atoms with van der Waals surface area (Å²) < 4.78 is 14.0. The summed E-state index contributed by atoms with van der Waals surface area (Å²) >= 11 is 0. The smallest absolute Gasteiger partial charge is 0.268 e. The second kappa shape index (κ2) is 7.68. The number of hydrogen-bond acceptors (Lipinski definition) is 3. The van der Waals surface area contributed by atoms with Crippen molar-refractivity contribution in [1.82, 2.24) is 10.3 Å². The van der Waals surface area contributed by atoms with E-state index in [0.717, 1.165) is 29.3 Å². The van der Waals surface area contributed by atoms with Crippen molar-refractivity contribution < 1.29 is 9.18 Å². The van der Waals surface area contributed by atoms with Crippen molar-refractivity contribution in [2.75, 3.05) is 0 Å². The van der Waals surface area contributed by atoms with Gasteiger partial charge in [-0.1, -0.05) is 30.3 Å². The molecule has 4 rings (SSSR count). The summed E-state index contributed by atoms with van der Waals surface area (Å²) in [6.45, 7) is 0. The minimum Gasteiger partial charge on any atom is -0.404 e. The number of aromatic amines is 1. The van der Waals surface area contributed by atoms with E-state index in [2.05, 4.69) is 15.3 Å². The average molecular weight is 376 g/mol. The fourth-order valence-corrected chi connectivity index (χ4v) is 3.58. The van der Waals surface area contributed by atoms with E-state index in [9.17, 15) is 9.18 Å². The average Bonchev–Trinajstić information content (AvgIpc) is 3.14. The highest BCUT2D eigenvalue weighted by Crippen LogP contribution is 2.26. The van der Waals surface area contributed by atoms with Gasteiger partial charge in [-0.25, -0.2) is 9.38 Å².